The lowest BCUT2D eigenvalue weighted by Gasteiger charge is -2.20. The first kappa shape index (κ1) is 15.1. The molecule has 0 saturated carbocycles. The van der Waals surface area contributed by atoms with E-state index in [4.69, 9.17) is 0 Å². The van der Waals surface area contributed by atoms with E-state index in [9.17, 15) is 8.78 Å². The quantitative estimate of drug-likeness (QED) is 0.901. The van der Waals surface area contributed by atoms with Crippen molar-refractivity contribution in [2.24, 2.45) is 0 Å². The van der Waals surface area contributed by atoms with Gasteiger partial charge in [-0.3, -0.25) is 0 Å². The third-order valence-electron chi connectivity index (χ3n) is 3.29. The van der Waals surface area contributed by atoms with Gasteiger partial charge in [0.15, 0.2) is 11.6 Å². The number of aromatic nitrogens is 1. The van der Waals surface area contributed by atoms with Crippen molar-refractivity contribution in [2.45, 2.75) is 39.8 Å². The van der Waals surface area contributed by atoms with E-state index in [1.165, 1.54) is 10.9 Å². The number of rotatable bonds is 4. The molecular weight excluding hydrogens is 278 g/mol. The summed E-state index contributed by atoms with van der Waals surface area (Å²) in [6.07, 6.45) is 0. The molecular formula is C15H18F2N2S. The van der Waals surface area contributed by atoms with Gasteiger partial charge >= 0.3 is 0 Å². The summed E-state index contributed by atoms with van der Waals surface area (Å²) in [5, 5.41) is 4.40. The molecule has 1 aromatic carbocycles. The first-order valence-electron chi connectivity index (χ1n) is 6.53. The Morgan fingerprint density at radius 3 is 2.35 bits per heavy atom. The fourth-order valence-electron chi connectivity index (χ4n) is 2.28. The third kappa shape index (κ3) is 3.22. The van der Waals surface area contributed by atoms with Crippen molar-refractivity contribution in [3.05, 3.63) is 51.0 Å². The van der Waals surface area contributed by atoms with E-state index >= 15 is 0 Å². The average Bonchev–Trinajstić information content (AvgIpc) is 2.71. The second-order valence-corrected chi connectivity index (χ2v) is 6.37. The fraction of sp³-hybridized carbons (Fsp3) is 0.400. The maximum Gasteiger partial charge on any atom is 0.159 e. The molecule has 1 N–H and O–H groups in total. The Morgan fingerprint density at radius 1 is 1.10 bits per heavy atom. The number of aryl methyl sites for hydroxylation is 2. The Bertz CT molecular complexity index is 610. The molecule has 2 unspecified atom stereocenters. The van der Waals surface area contributed by atoms with Gasteiger partial charge < -0.3 is 5.32 Å². The molecule has 0 aliphatic carbocycles. The van der Waals surface area contributed by atoms with Crippen molar-refractivity contribution in [1.82, 2.24) is 10.3 Å². The standard InChI is InChI=1S/C15H18F2N2S/c1-8(12-5-6-13(16)14(17)7-12)18-9(2)15-10(3)20-11(4)19-15/h5-9,18H,1-4H3. The highest BCUT2D eigenvalue weighted by atomic mass is 32.1. The van der Waals surface area contributed by atoms with Crippen molar-refractivity contribution in [3.8, 4) is 0 Å². The minimum absolute atomic E-state index is 0.0584. The SMILES string of the molecule is Cc1nc(C(C)NC(C)c2ccc(F)c(F)c2)c(C)s1. The van der Waals surface area contributed by atoms with Crippen LogP contribution < -0.4 is 5.32 Å². The number of nitrogens with zero attached hydrogens (tertiary/aromatic N) is 1. The zero-order valence-corrected chi connectivity index (χ0v) is 12.8. The van der Waals surface area contributed by atoms with E-state index in [0.717, 1.165) is 22.3 Å². The first-order chi connectivity index (χ1) is 9.38. The summed E-state index contributed by atoms with van der Waals surface area (Å²) in [6.45, 7) is 7.97. The van der Waals surface area contributed by atoms with Crippen LogP contribution in [0.1, 0.15) is 47.1 Å². The average molecular weight is 296 g/mol. The van der Waals surface area contributed by atoms with Crippen LogP contribution in [0.3, 0.4) is 0 Å². The molecule has 0 fully saturated rings. The normalized spacial score (nSPS) is 14.3. The Balaban J connectivity index is 2.12. The van der Waals surface area contributed by atoms with E-state index in [0.29, 0.717) is 0 Å². The van der Waals surface area contributed by atoms with Crippen LogP contribution in [0.2, 0.25) is 0 Å². The Kier molecular flexibility index (Phi) is 4.50. The molecule has 0 radical (unpaired) electrons. The maximum absolute atomic E-state index is 13.3. The predicted octanol–water partition coefficient (Wildman–Crippen LogP) is 4.45. The Labute approximate surface area is 121 Å². The van der Waals surface area contributed by atoms with E-state index < -0.39 is 11.6 Å². The summed E-state index contributed by atoms with van der Waals surface area (Å²) in [6, 6.07) is 3.97. The smallest absolute Gasteiger partial charge is 0.159 e. The predicted molar refractivity (Wildman–Crippen MR) is 77.9 cm³/mol. The lowest BCUT2D eigenvalue weighted by Crippen LogP contribution is -2.23. The van der Waals surface area contributed by atoms with Crippen LogP contribution in [0.25, 0.3) is 0 Å². The largest absolute Gasteiger partial charge is 0.302 e. The van der Waals surface area contributed by atoms with Crippen molar-refractivity contribution in [2.75, 3.05) is 0 Å². The molecule has 0 aliphatic rings. The van der Waals surface area contributed by atoms with Gasteiger partial charge in [0.25, 0.3) is 0 Å². The lowest BCUT2D eigenvalue weighted by atomic mass is 10.1. The fourth-order valence-corrected chi connectivity index (χ4v) is 3.19. The summed E-state index contributed by atoms with van der Waals surface area (Å²) in [7, 11) is 0. The van der Waals surface area contributed by atoms with Crippen LogP contribution in [-0.4, -0.2) is 4.98 Å². The highest BCUT2D eigenvalue weighted by Crippen LogP contribution is 2.25. The molecule has 0 amide bonds. The van der Waals surface area contributed by atoms with E-state index in [1.807, 2.05) is 27.7 Å². The highest BCUT2D eigenvalue weighted by Gasteiger charge is 2.17. The number of thiazole rings is 1. The summed E-state index contributed by atoms with van der Waals surface area (Å²) in [4.78, 5) is 5.69. The van der Waals surface area contributed by atoms with Gasteiger partial charge in [0, 0.05) is 17.0 Å². The molecule has 1 heterocycles. The molecule has 0 aliphatic heterocycles. The molecule has 5 heteroatoms. The van der Waals surface area contributed by atoms with Gasteiger partial charge in [0.1, 0.15) is 0 Å². The molecule has 0 bridgehead atoms. The molecule has 0 saturated heterocycles. The van der Waals surface area contributed by atoms with Gasteiger partial charge in [-0.05, 0) is 45.4 Å². The van der Waals surface area contributed by atoms with Crippen molar-refractivity contribution in [1.29, 1.82) is 0 Å². The van der Waals surface area contributed by atoms with Crippen LogP contribution >= 0.6 is 11.3 Å². The van der Waals surface area contributed by atoms with Crippen LogP contribution in [0.4, 0.5) is 8.78 Å². The van der Waals surface area contributed by atoms with Crippen LogP contribution in [0.5, 0.6) is 0 Å². The Hall–Kier alpha value is -1.33. The van der Waals surface area contributed by atoms with Crippen molar-refractivity contribution in [3.63, 3.8) is 0 Å². The van der Waals surface area contributed by atoms with Gasteiger partial charge in [-0.2, -0.15) is 0 Å². The van der Waals surface area contributed by atoms with Gasteiger partial charge in [0.05, 0.1) is 10.7 Å². The molecule has 2 atom stereocenters. The van der Waals surface area contributed by atoms with Crippen LogP contribution in [0, 0.1) is 25.5 Å². The number of benzene rings is 1. The summed E-state index contributed by atoms with van der Waals surface area (Å²) < 4.78 is 26.2. The monoisotopic (exact) mass is 296 g/mol. The van der Waals surface area contributed by atoms with Crippen LogP contribution in [0.15, 0.2) is 18.2 Å². The molecule has 20 heavy (non-hydrogen) atoms. The zero-order valence-electron chi connectivity index (χ0n) is 12.0. The summed E-state index contributed by atoms with van der Waals surface area (Å²) in [5.74, 6) is -1.63. The summed E-state index contributed by atoms with van der Waals surface area (Å²) >= 11 is 1.66. The van der Waals surface area contributed by atoms with Gasteiger partial charge in [0.2, 0.25) is 0 Å². The second-order valence-electron chi connectivity index (χ2n) is 4.96. The van der Waals surface area contributed by atoms with E-state index in [2.05, 4.69) is 10.3 Å². The number of halogens is 2. The lowest BCUT2D eigenvalue weighted by molar-refractivity contribution is 0.474. The topological polar surface area (TPSA) is 24.9 Å². The molecule has 2 rings (SSSR count). The molecule has 2 aromatic rings. The van der Waals surface area contributed by atoms with E-state index in [-0.39, 0.29) is 12.1 Å². The number of nitrogens with one attached hydrogen (secondary N) is 1. The molecule has 1 aromatic heterocycles. The highest BCUT2D eigenvalue weighted by molar-refractivity contribution is 7.11. The van der Waals surface area contributed by atoms with Crippen LogP contribution in [-0.2, 0) is 0 Å². The van der Waals surface area contributed by atoms with Gasteiger partial charge in [-0.1, -0.05) is 6.07 Å². The Morgan fingerprint density at radius 2 is 1.80 bits per heavy atom. The van der Waals surface area contributed by atoms with Gasteiger partial charge in [-0.25, -0.2) is 13.8 Å². The van der Waals surface area contributed by atoms with E-state index in [1.54, 1.807) is 17.4 Å². The summed E-state index contributed by atoms with van der Waals surface area (Å²) in [5.41, 5.74) is 1.74. The van der Waals surface area contributed by atoms with Crippen molar-refractivity contribution >= 4 is 11.3 Å². The number of hydrogen-bond acceptors (Lipinski definition) is 3. The van der Waals surface area contributed by atoms with Gasteiger partial charge in [-0.15, -0.1) is 11.3 Å². The molecule has 108 valence electrons. The minimum atomic E-state index is -0.819. The second kappa shape index (κ2) is 5.97. The molecule has 0 spiro atoms. The number of hydrogen-bond donors (Lipinski definition) is 1. The maximum atomic E-state index is 13.3. The molecule has 2 nitrogen and oxygen atoms in total. The first-order valence-corrected chi connectivity index (χ1v) is 7.35. The van der Waals surface area contributed by atoms with Crippen molar-refractivity contribution < 1.29 is 8.78 Å². The minimum Gasteiger partial charge on any atom is -0.302 e. The third-order valence-corrected chi connectivity index (χ3v) is 4.20. The zero-order chi connectivity index (χ0) is 14.9.